The quantitative estimate of drug-likeness (QED) is 0.525. The number of ether oxygens (including phenoxy) is 1. The van der Waals surface area contributed by atoms with Crippen molar-refractivity contribution in [2.24, 2.45) is 17.8 Å². The predicted octanol–water partition coefficient (Wildman–Crippen LogP) is 0.603. The third-order valence-electron chi connectivity index (χ3n) is 6.83. The van der Waals surface area contributed by atoms with E-state index in [1.54, 1.807) is 10.9 Å². The third-order valence-corrected chi connectivity index (χ3v) is 6.83. The Morgan fingerprint density at radius 3 is 2.52 bits per heavy atom. The van der Waals surface area contributed by atoms with Crippen molar-refractivity contribution in [1.82, 2.24) is 24.8 Å². The topological polar surface area (TPSA) is 97.6 Å². The zero-order chi connectivity index (χ0) is 20.5. The Hall–Kier alpha value is -2.29. The van der Waals surface area contributed by atoms with Crippen LogP contribution in [0.1, 0.15) is 43.1 Å². The number of rotatable bonds is 5. The van der Waals surface area contributed by atoms with Gasteiger partial charge in [-0.1, -0.05) is 5.21 Å². The van der Waals surface area contributed by atoms with Crippen LogP contribution >= 0.6 is 0 Å². The molecule has 0 saturated carbocycles. The van der Waals surface area contributed by atoms with Crippen molar-refractivity contribution in [1.29, 1.82) is 0 Å². The maximum Gasteiger partial charge on any atom is 0.308 e. The number of amides is 1. The van der Waals surface area contributed by atoms with Gasteiger partial charge in [0.05, 0.1) is 31.7 Å². The molecule has 4 atom stereocenters. The Balaban J connectivity index is 1.33. The van der Waals surface area contributed by atoms with E-state index in [-0.39, 0.29) is 29.5 Å². The molecule has 4 saturated heterocycles. The Labute approximate surface area is 170 Å². The van der Waals surface area contributed by atoms with E-state index in [1.165, 1.54) is 14.0 Å². The number of methoxy groups -OCH3 is 1. The van der Waals surface area contributed by atoms with Crippen molar-refractivity contribution in [2.45, 2.75) is 45.2 Å². The molecule has 0 aliphatic carbocycles. The Kier molecular flexibility index (Phi) is 5.67. The summed E-state index contributed by atoms with van der Waals surface area (Å²) in [5.74, 6) is 0.334. The molecule has 4 fully saturated rings. The van der Waals surface area contributed by atoms with Crippen LogP contribution in [-0.2, 0) is 20.9 Å². The number of hydrogen-bond donors (Lipinski definition) is 0. The molecule has 4 aliphatic heterocycles. The summed E-state index contributed by atoms with van der Waals surface area (Å²) in [5.41, 5.74) is 0.393. The van der Waals surface area contributed by atoms with Crippen LogP contribution in [0, 0.1) is 17.8 Å². The standard InChI is InChI=1S/C20H29N5O4/c1-13(26)18-12-25(22-21-18)10-16-9-15-5-8-24(16)11-17(15)19(27)23-6-3-14(4-7-23)20(28)29-2/h12,14-17H,3-11H2,1-2H3/t15-,16-,17+/m1/s1. The summed E-state index contributed by atoms with van der Waals surface area (Å²) in [7, 11) is 1.42. The van der Waals surface area contributed by atoms with E-state index in [0.717, 1.165) is 25.9 Å². The van der Waals surface area contributed by atoms with Crippen molar-refractivity contribution in [3.63, 3.8) is 0 Å². The van der Waals surface area contributed by atoms with E-state index in [0.29, 0.717) is 50.1 Å². The summed E-state index contributed by atoms with van der Waals surface area (Å²) < 4.78 is 6.58. The fourth-order valence-electron chi connectivity index (χ4n) is 5.11. The lowest BCUT2D eigenvalue weighted by atomic mass is 9.74. The van der Waals surface area contributed by atoms with Gasteiger partial charge in [0.15, 0.2) is 5.78 Å². The minimum Gasteiger partial charge on any atom is -0.469 e. The molecule has 9 nitrogen and oxygen atoms in total. The van der Waals surface area contributed by atoms with Gasteiger partial charge in [-0.25, -0.2) is 0 Å². The van der Waals surface area contributed by atoms with Crippen LogP contribution in [0.3, 0.4) is 0 Å². The number of aromatic nitrogens is 3. The molecule has 5 heterocycles. The van der Waals surface area contributed by atoms with Crippen molar-refractivity contribution in [2.75, 3.05) is 33.3 Å². The first-order chi connectivity index (χ1) is 14.0. The number of piperidine rings is 4. The minimum absolute atomic E-state index is 0.0400. The lowest BCUT2D eigenvalue weighted by Crippen LogP contribution is -2.59. The molecule has 1 unspecified atom stereocenters. The van der Waals surface area contributed by atoms with Gasteiger partial charge >= 0.3 is 5.97 Å². The second-order valence-corrected chi connectivity index (χ2v) is 8.54. The third kappa shape index (κ3) is 4.05. The van der Waals surface area contributed by atoms with Crippen molar-refractivity contribution < 1.29 is 19.1 Å². The highest BCUT2D eigenvalue weighted by Gasteiger charge is 2.45. The van der Waals surface area contributed by atoms with Crippen LogP contribution in [0.4, 0.5) is 0 Å². The Bertz CT molecular complexity index is 786. The Morgan fingerprint density at radius 2 is 1.93 bits per heavy atom. The molecule has 29 heavy (non-hydrogen) atoms. The van der Waals surface area contributed by atoms with Crippen molar-refractivity contribution >= 4 is 17.7 Å². The summed E-state index contributed by atoms with van der Waals surface area (Å²) in [5, 5.41) is 8.00. The van der Waals surface area contributed by atoms with Crippen LogP contribution in [0.2, 0.25) is 0 Å². The van der Waals surface area contributed by atoms with Crippen LogP contribution < -0.4 is 0 Å². The number of likely N-dealkylation sites (tertiary alicyclic amines) is 1. The van der Waals surface area contributed by atoms with Crippen LogP contribution in [-0.4, -0.2) is 81.8 Å². The van der Waals surface area contributed by atoms with E-state index in [2.05, 4.69) is 15.2 Å². The number of carbonyl (C=O) groups is 3. The molecule has 1 aromatic heterocycles. The van der Waals surface area contributed by atoms with Gasteiger partial charge in [0.25, 0.3) is 0 Å². The molecule has 9 heteroatoms. The largest absolute Gasteiger partial charge is 0.469 e. The normalized spacial score (nSPS) is 29.7. The fraction of sp³-hybridized carbons (Fsp3) is 0.750. The monoisotopic (exact) mass is 403 g/mol. The molecule has 4 aliphatic rings. The molecule has 2 bridgehead atoms. The molecule has 1 amide bonds. The summed E-state index contributed by atoms with van der Waals surface area (Å²) in [6.07, 6.45) is 5.09. The highest BCUT2D eigenvalue weighted by Crippen LogP contribution is 2.38. The molecule has 0 aromatic carbocycles. The van der Waals surface area contributed by atoms with E-state index >= 15 is 0 Å². The Morgan fingerprint density at radius 1 is 1.17 bits per heavy atom. The maximum absolute atomic E-state index is 13.2. The molecule has 158 valence electrons. The maximum atomic E-state index is 13.2. The van der Waals surface area contributed by atoms with E-state index in [4.69, 9.17) is 4.74 Å². The average Bonchev–Trinajstić information content (AvgIpc) is 3.22. The van der Waals surface area contributed by atoms with Crippen LogP contribution in [0.25, 0.3) is 0 Å². The molecule has 0 radical (unpaired) electrons. The van der Waals surface area contributed by atoms with Gasteiger partial charge in [-0.15, -0.1) is 5.10 Å². The van der Waals surface area contributed by atoms with Crippen LogP contribution in [0.5, 0.6) is 0 Å². The number of ketones is 1. The molecule has 0 N–H and O–H groups in total. The summed E-state index contributed by atoms with van der Waals surface area (Å²) in [4.78, 5) is 40.6. The average molecular weight is 403 g/mol. The molecular formula is C20H29N5O4. The van der Waals surface area contributed by atoms with Crippen LogP contribution in [0.15, 0.2) is 6.20 Å². The van der Waals surface area contributed by atoms with Crippen molar-refractivity contribution in [3.05, 3.63) is 11.9 Å². The van der Waals surface area contributed by atoms with Gasteiger partial charge in [-0.2, -0.15) is 0 Å². The zero-order valence-electron chi connectivity index (χ0n) is 17.1. The lowest BCUT2D eigenvalue weighted by molar-refractivity contribution is -0.152. The highest BCUT2D eigenvalue weighted by atomic mass is 16.5. The van der Waals surface area contributed by atoms with Gasteiger partial charge < -0.3 is 9.64 Å². The van der Waals surface area contributed by atoms with Gasteiger partial charge in [-0.3, -0.25) is 24.0 Å². The molecule has 1 aromatic rings. The first kappa shape index (κ1) is 20.0. The molecule has 0 spiro atoms. The number of fused-ring (bicyclic) bond motifs is 3. The lowest BCUT2D eigenvalue weighted by Gasteiger charge is -2.50. The van der Waals surface area contributed by atoms with E-state index in [9.17, 15) is 14.4 Å². The van der Waals surface area contributed by atoms with E-state index in [1.807, 2.05) is 4.90 Å². The SMILES string of the molecule is COC(=O)C1CCN(C(=O)[C@H]2CN3CC[C@@H]2C[C@@H]3Cn2cc(C(C)=O)nn2)CC1. The summed E-state index contributed by atoms with van der Waals surface area (Å²) in [6, 6.07) is 0.323. The van der Waals surface area contributed by atoms with Gasteiger partial charge in [0.2, 0.25) is 5.91 Å². The predicted molar refractivity (Wildman–Crippen MR) is 103 cm³/mol. The van der Waals surface area contributed by atoms with Gasteiger partial charge in [-0.05, 0) is 38.1 Å². The second kappa shape index (κ2) is 8.22. The van der Waals surface area contributed by atoms with Crippen molar-refractivity contribution in [3.8, 4) is 0 Å². The van der Waals surface area contributed by atoms with E-state index < -0.39 is 0 Å². The molecular weight excluding hydrogens is 374 g/mol. The summed E-state index contributed by atoms with van der Waals surface area (Å²) in [6.45, 7) is 5.24. The van der Waals surface area contributed by atoms with Gasteiger partial charge in [0.1, 0.15) is 5.69 Å². The minimum atomic E-state index is -0.163. The number of Topliss-reactive ketones (excluding diaryl/α,β-unsaturated/α-hetero) is 1. The number of carbonyl (C=O) groups excluding carboxylic acids is 3. The second-order valence-electron chi connectivity index (χ2n) is 8.54. The van der Waals surface area contributed by atoms with Gasteiger partial charge in [0, 0.05) is 32.6 Å². The smallest absolute Gasteiger partial charge is 0.308 e. The fourth-order valence-corrected chi connectivity index (χ4v) is 5.11. The molecule has 5 rings (SSSR count). The number of hydrogen-bond acceptors (Lipinski definition) is 7. The number of nitrogens with zero attached hydrogens (tertiary/aromatic N) is 5. The highest BCUT2D eigenvalue weighted by molar-refractivity contribution is 5.91. The zero-order valence-corrected chi connectivity index (χ0v) is 17.1. The number of esters is 1. The first-order valence-electron chi connectivity index (χ1n) is 10.5. The summed E-state index contributed by atoms with van der Waals surface area (Å²) >= 11 is 0. The first-order valence-corrected chi connectivity index (χ1v) is 10.5.